The summed E-state index contributed by atoms with van der Waals surface area (Å²) in [6.45, 7) is 3.45. The van der Waals surface area contributed by atoms with Crippen molar-refractivity contribution in [3.8, 4) is 0 Å². The molecule has 2 heterocycles. The van der Waals surface area contributed by atoms with Crippen molar-refractivity contribution in [2.45, 2.75) is 38.8 Å². The second-order valence-corrected chi connectivity index (χ2v) is 7.73. The van der Waals surface area contributed by atoms with Gasteiger partial charge >= 0.3 is 0 Å². The molecule has 2 amide bonds. The van der Waals surface area contributed by atoms with Gasteiger partial charge in [0.2, 0.25) is 11.8 Å². The van der Waals surface area contributed by atoms with Crippen molar-refractivity contribution in [2.24, 2.45) is 0 Å². The van der Waals surface area contributed by atoms with Crippen LogP contribution in [0.15, 0.2) is 36.4 Å². The molecule has 3 rings (SSSR count). The third-order valence-corrected chi connectivity index (χ3v) is 5.19. The zero-order chi connectivity index (χ0) is 21.0. The fraction of sp³-hybridized carbons (Fsp3) is 0.455. The number of hydrogen-bond donors (Lipinski definition) is 0. The fourth-order valence-electron chi connectivity index (χ4n) is 3.51. The summed E-state index contributed by atoms with van der Waals surface area (Å²) in [7, 11) is 5.62. The summed E-state index contributed by atoms with van der Waals surface area (Å²) >= 11 is 0. The highest BCUT2D eigenvalue weighted by Gasteiger charge is 2.32. The zero-order valence-corrected chi connectivity index (χ0v) is 17.6. The molecule has 0 bridgehead atoms. The van der Waals surface area contributed by atoms with Gasteiger partial charge in [-0.15, -0.1) is 0 Å². The molecular weight excluding hydrogens is 366 g/mol. The maximum Gasteiger partial charge on any atom is 0.223 e. The smallest absolute Gasteiger partial charge is 0.223 e. The first-order valence-corrected chi connectivity index (χ1v) is 9.98. The Labute approximate surface area is 172 Å². The zero-order valence-electron chi connectivity index (χ0n) is 17.6. The summed E-state index contributed by atoms with van der Waals surface area (Å²) in [5.74, 6) is 1.61. The highest BCUT2D eigenvalue weighted by atomic mass is 16.2. The minimum absolute atomic E-state index is 0.0267. The quantitative estimate of drug-likeness (QED) is 0.720. The van der Waals surface area contributed by atoms with Crippen LogP contribution in [0.5, 0.6) is 0 Å². The molecule has 1 aromatic carbocycles. The molecule has 1 unspecified atom stereocenters. The normalized spacial score (nSPS) is 16.2. The number of benzene rings is 1. The van der Waals surface area contributed by atoms with E-state index in [1.807, 2.05) is 67.2 Å². The van der Waals surface area contributed by atoms with Crippen LogP contribution >= 0.6 is 0 Å². The van der Waals surface area contributed by atoms with Crippen LogP contribution in [0.4, 0.5) is 5.82 Å². The van der Waals surface area contributed by atoms with Crippen LogP contribution in [0.1, 0.15) is 42.8 Å². The van der Waals surface area contributed by atoms with Crippen LogP contribution in [-0.4, -0.2) is 59.3 Å². The number of anilines is 1. The summed E-state index contributed by atoms with van der Waals surface area (Å²) < 4.78 is 0. The molecule has 1 aromatic heterocycles. The Hall–Kier alpha value is -2.96. The van der Waals surface area contributed by atoms with Crippen molar-refractivity contribution < 1.29 is 9.59 Å². The summed E-state index contributed by atoms with van der Waals surface area (Å²) in [6.07, 6.45) is 0.891. The van der Waals surface area contributed by atoms with Crippen molar-refractivity contribution in [1.82, 2.24) is 19.8 Å². The Morgan fingerprint density at radius 1 is 1.17 bits per heavy atom. The molecule has 0 N–H and O–H groups in total. The highest BCUT2D eigenvalue weighted by molar-refractivity contribution is 5.79. The van der Waals surface area contributed by atoms with Crippen molar-refractivity contribution >= 4 is 17.6 Å². The van der Waals surface area contributed by atoms with E-state index in [0.717, 1.165) is 17.1 Å². The maximum absolute atomic E-state index is 12.6. The van der Waals surface area contributed by atoms with E-state index >= 15 is 0 Å². The number of carbonyl (C=O) groups excluding carboxylic acids is 2. The lowest BCUT2D eigenvalue weighted by Gasteiger charge is -2.20. The van der Waals surface area contributed by atoms with Crippen LogP contribution in [0.2, 0.25) is 0 Å². The van der Waals surface area contributed by atoms with Crippen molar-refractivity contribution in [3.63, 3.8) is 0 Å². The Bertz CT molecular complexity index is 869. The van der Waals surface area contributed by atoms with Crippen LogP contribution in [0.3, 0.4) is 0 Å². The predicted molar refractivity (Wildman–Crippen MR) is 112 cm³/mol. The van der Waals surface area contributed by atoms with Gasteiger partial charge in [0.15, 0.2) is 0 Å². The van der Waals surface area contributed by atoms with E-state index in [0.29, 0.717) is 38.3 Å². The van der Waals surface area contributed by atoms with Crippen LogP contribution in [0.25, 0.3) is 0 Å². The van der Waals surface area contributed by atoms with E-state index in [2.05, 4.69) is 4.98 Å². The second kappa shape index (κ2) is 9.03. The van der Waals surface area contributed by atoms with Gasteiger partial charge in [-0.2, -0.15) is 0 Å². The standard InChI is InChI=1S/C22H29N5O2/c1-5-21(28)26(4)15-19-23-18(12-20(24-19)25(2)3)17-11-22(29)27(14-17)13-16-9-7-6-8-10-16/h6-10,12,17H,5,11,13-15H2,1-4H3. The van der Waals surface area contributed by atoms with Gasteiger partial charge in [-0.05, 0) is 5.56 Å². The van der Waals surface area contributed by atoms with Gasteiger partial charge in [-0.3, -0.25) is 9.59 Å². The third-order valence-electron chi connectivity index (χ3n) is 5.19. The molecule has 1 aliphatic heterocycles. The van der Waals surface area contributed by atoms with Gasteiger partial charge in [-0.25, -0.2) is 9.97 Å². The maximum atomic E-state index is 12.6. The molecule has 0 radical (unpaired) electrons. The van der Waals surface area contributed by atoms with E-state index in [1.165, 1.54) is 0 Å². The monoisotopic (exact) mass is 395 g/mol. The van der Waals surface area contributed by atoms with E-state index in [1.54, 1.807) is 11.9 Å². The number of amides is 2. The summed E-state index contributed by atoms with van der Waals surface area (Å²) in [4.78, 5) is 39.3. The number of aromatic nitrogens is 2. The van der Waals surface area contributed by atoms with Gasteiger partial charge in [0, 0.05) is 59.1 Å². The largest absolute Gasteiger partial charge is 0.363 e. The number of likely N-dealkylation sites (tertiary alicyclic amines) is 1. The molecule has 0 saturated carbocycles. The SMILES string of the molecule is CCC(=O)N(C)Cc1nc(C2CC(=O)N(Cc3ccccc3)C2)cc(N(C)C)n1. The van der Waals surface area contributed by atoms with Crippen LogP contribution in [-0.2, 0) is 22.7 Å². The number of rotatable bonds is 7. The first-order chi connectivity index (χ1) is 13.9. The number of hydrogen-bond acceptors (Lipinski definition) is 5. The fourth-order valence-corrected chi connectivity index (χ4v) is 3.51. The summed E-state index contributed by atoms with van der Waals surface area (Å²) in [6, 6.07) is 12.0. The van der Waals surface area contributed by atoms with E-state index in [4.69, 9.17) is 4.98 Å². The molecular formula is C22H29N5O2. The molecule has 1 saturated heterocycles. The average Bonchev–Trinajstić information content (AvgIpc) is 3.08. The average molecular weight is 396 g/mol. The molecule has 2 aromatic rings. The topological polar surface area (TPSA) is 69.6 Å². The van der Waals surface area contributed by atoms with Gasteiger partial charge in [0.05, 0.1) is 12.2 Å². The molecule has 1 fully saturated rings. The lowest BCUT2D eigenvalue weighted by molar-refractivity contribution is -0.130. The second-order valence-electron chi connectivity index (χ2n) is 7.73. The van der Waals surface area contributed by atoms with Gasteiger partial charge < -0.3 is 14.7 Å². The Morgan fingerprint density at radius 2 is 1.90 bits per heavy atom. The van der Waals surface area contributed by atoms with Crippen LogP contribution in [0, 0.1) is 0 Å². The Morgan fingerprint density at radius 3 is 2.55 bits per heavy atom. The van der Waals surface area contributed by atoms with E-state index in [9.17, 15) is 9.59 Å². The van der Waals surface area contributed by atoms with Crippen molar-refractivity contribution in [3.05, 3.63) is 53.5 Å². The molecule has 29 heavy (non-hydrogen) atoms. The first kappa shape index (κ1) is 20.8. The molecule has 7 nitrogen and oxygen atoms in total. The minimum atomic E-state index is 0.0267. The highest BCUT2D eigenvalue weighted by Crippen LogP contribution is 2.29. The molecule has 0 aliphatic carbocycles. The molecule has 154 valence electrons. The Kier molecular flexibility index (Phi) is 6.46. The van der Waals surface area contributed by atoms with Crippen LogP contribution < -0.4 is 4.90 Å². The summed E-state index contributed by atoms with van der Waals surface area (Å²) in [5.41, 5.74) is 1.98. The first-order valence-electron chi connectivity index (χ1n) is 9.98. The number of carbonyl (C=O) groups is 2. The predicted octanol–water partition coefficient (Wildman–Crippen LogP) is 2.43. The molecule has 0 spiro atoms. The minimum Gasteiger partial charge on any atom is -0.363 e. The van der Waals surface area contributed by atoms with Crippen molar-refractivity contribution in [2.75, 3.05) is 32.6 Å². The Balaban J connectivity index is 1.80. The third kappa shape index (κ3) is 5.10. The van der Waals surface area contributed by atoms with Gasteiger partial charge in [0.1, 0.15) is 11.6 Å². The van der Waals surface area contributed by atoms with E-state index < -0.39 is 0 Å². The van der Waals surface area contributed by atoms with Gasteiger partial charge in [0.25, 0.3) is 0 Å². The lowest BCUT2D eigenvalue weighted by atomic mass is 10.0. The van der Waals surface area contributed by atoms with Gasteiger partial charge in [-0.1, -0.05) is 37.3 Å². The lowest BCUT2D eigenvalue weighted by Crippen LogP contribution is -2.27. The molecule has 7 heteroatoms. The number of nitrogens with zero attached hydrogens (tertiary/aromatic N) is 5. The van der Waals surface area contributed by atoms with E-state index in [-0.39, 0.29) is 17.7 Å². The van der Waals surface area contributed by atoms with Crippen molar-refractivity contribution in [1.29, 1.82) is 0 Å². The molecule has 1 atom stereocenters. The summed E-state index contributed by atoms with van der Waals surface area (Å²) in [5, 5.41) is 0. The molecule has 1 aliphatic rings.